The molecule has 52 valence electrons. The second-order valence-electron chi connectivity index (χ2n) is 1.65. The molecule has 0 aliphatic carbocycles. The summed E-state index contributed by atoms with van der Waals surface area (Å²) in [7, 11) is 0. The molecule has 0 aliphatic rings. The topological polar surface area (TPSA) is 66.5 Å². The van der Waals surface area contributed by atoms with E-state index in [0.717, 1.165) is 0 Å². The molecule has 0 aromatic heterocycles. The number of aryl methyl sites for hydroxylation is 1. The van der Waals surface area contributed by atoms with Crippen molar-refractivity contribution in [2.75, 3.05) is 0 Å². The summed E-state index contributed by atoms with van der Waals surface area (Å²) in [4.78, 5) is 0. The Morgan fingerprint density at radius 3 is 1.67 bits per heavy atom. The zero-order valence-electron chi connectivity index (χ0n) is 5.59. The molecule has 0 saturated carbocycles. The fourth-order valence-corrected chi connectivity index (χ4v) is 0.534. The summed E-state index contributed by atoms with van der Waals surface area (Å²) in [6, 6.07) is 10.3. The minimum atomic E-state index is 0. The van der Waals surface area contributed by atoms with E-state index < -0.39 is 0 Å². The molecule has 0 aliphatic heterocycles. The summed E-state index contributed by atoms with van der Waals surface area (Å²) in [5, 5.41) is 0. The van der Waals surface area contributed by atoms with Crippen molar-refractivity contribution in [1.82, 2.24) is 6.15 Å². The van der Waals surface area contributed by atoms with Crippen LogP contribution >= 0.6 is 0 Å². The van der Waals surface area contributed by atoms with Crippen LogP contribution in [0.15, 0.2) is 30.3 Å². The Balaban J connectivity index is 0. The number of rotatable bonds is 0. The average molecular weight is 127 g/mol. The highest BCUT2D eigenvalue weighted by Crippen LogP contribution is 1.92. The largest absolute Gasteiger partial charge is 0.412 e. The first-order valence-electron chi connectivity index (χ1n) is 2.41. The molecular formula is C7H13NO. The van der Waals surface area contributed by atoms with E-state index >= 15 is 0 Å². The molecule has 0 unspecified atom stereocenters. The van der Waals surface area contributed by atoms with Crippen LogP contribution in [0, 0.1) is 6.92 Å². The third-order valence-electron chi connectivity index (χ3n) is 0.940. The van der Waals surface area contributed by atoms with E-state index in [9.17, 15) is 0 Å². The standard InChI is InChI=1S/C7H8.H3N.H2O/c1-7-5-3-2-4-6-7;;/h2-6H,1H3;1H3;1H2. The third-order valence-corrected chi connectivity index (χ3v) is 0.940. The molecule has 1 aromatic carbocycles. The zero-order chi connectivity index (χ0) is 5.11. The predicted octanol–water partition coefficient (Wildman–Crippen LogP) is 1.33. The molecule has 1 rings (SSSR count). The minimum absolute atomic E-state index is 0. The van der Waals surface area contributed by atoms with Crippen molar-refractivity contribution in [3.63, 3.8) is 0 Å². The molecule has 0 spiro atoms. The van der Waals surface area contributed by atoms with Gasteiger partial charge in [-0.25, -0.2) is 0 Å². The van der Waals surface area contributed by atoms with Crippen LogP contribution in [-0.2, 0) is 0 Å². The Labute approximate surface area is 55.4 Å². The van der Waals surface area contributed by atoms with Gasteiger partial charge in [0.1, 0.15) is 0 Å². The quantitative estimate of drug-likeness (QED) is 0.561. The summed E-state index contributed by atoms with van der Waals surface area (Å²) >= 11 is 0. The van der Waals surface area contributed by atoms with Gasteiger partial charge in [0.05, 0.1) is 0 Å². The number of hydrogen-bond donors (Lipinski definition) is 1. The molecule has 0 atom stereocenters. The van der Waals surface area contributed by atoms with Crippen LogP contribution in [0.4, 0.5) is 0 Å². The van der Waals surface area contributed by atoms with Crippen LogP contribution in [0.2, 0.25) is 0 Å². The van der Waals surface area contributed by atoms with Gasteiger partial charge >= 0.3 is 0 Å². The van der Waals surface area contributed by atoms with Gasteiger partial charge < -0.3 is 11.6 Å². The predicted molar refractivity (Wildman–Crippen MR) is 39.8 cm³/mol. The molecule has 2 nitrogen and oxygen atoms in total. The van der Waals surface area contributed by atoms with Gasteiger partial charge in [0.15, 0.2) is 0 Å². The molecule has 2 heteroatoms. The van der Waals surface area contributed by atoms with Crippen molar-refractivity contribution in [3.8, 4) is 0 Å². The van der Waals surface area contributed by atoms with Crippen LogP contribution in [0.3, 0.4) is 0 Å². The Bertz CT molecular complexity index is 139. The lowest BCUT2D eigenvalue weighted by Crippen LogP contribution is -1.62. The Morgan fingerprint density at radius 1 is 1.00 bits per heavy atom. The lowest BCUT2D eigenvalue weighted by molar-refractivity contribution is 0.824. The Morgan fingerprint density at radius 2 is 1.44 bits per heavy atom. The lowest BCUT2D eigenvalue weighted by atomic mass is 10.2. The van der Waals surface area contributed by atoms with Gasteiger partial charge in [0, 0.05) is 0 Å². The van der Waals surface area contributed by atoms with Crippen molar-refractivity contribution >= 4 is 0 Å². The fourth-order valence-electron chi connectivity index (χ4n) is 0.534. The van der Waals surface area contributed by atoms with Gasteiger partial charge in [-0.2, -0.15) is 0 Å². The minimum Gasteiger partial charge on any atom is -0.412 e. The van der Waals surface area contributed by atoms with Crippen molar-refractivity contribution in [2.24, 2.45) is 0 Å². The summed E-state index contributed by atoms with van der Waals surface area (Å²) in [5.41, 5.74) is 1.32. The maximum Gasteiger partial charge on any atom is -0.0398 e. The third kappa shape index (κ3) is 3.70. The van der Waals surface area contributed by atoms with E-state index in [2.05, 4.69) is 19.1 Å². The van der Waals surface area contributed by atoms with Gasteiger partial charge in [0.2, 0.25) is 0 Å². The van der Waals surface area contributed by atoms with Gasteiger partial charge in [-0.3, -0.25) is 0 Å². The molecule has 0 radical (unpaired) electrons. The van der Waals surface area contributed by atoms with Gasteiger partial charge in [-0.1, -0.05) is 35.9 Å². The van der Waals surface area contributed by atoms with Crippen molar-refractivity contribution in [1.29, 1.82) is 0 Å². The van der Waals surface area contributed by atoms with Gasteiger partial charge in [-0.15, -0.1) is 0 Å². The molecule has 5 N–H and O–H groups in total. The van der Waals surface area contributed by atoms with Crippen molar-refractivity contribution in [3.05, 3.63) is 35.9 Å². The highest BCUT2D eigenvalue weighted by atomic mass is 16.0. The van der Waals surface area contributed by atoms with Crippen LogP contribution in [0.25, 0.3) is 0 Å². The molecule has 0 saturated heterocycles. The maximum absolute atomic E-state index is 2.08. The van der Waals surface area contributed by atoms with Crippen LogP contribution in [-0.4, -0.2) is 5.48 Å². The Hall–Kier alpha value is -0.860. The highest BCUT2D eigenvalue weighted by Gasteiger charge is 1.72. The first-order chi connectivity index (χ1) is 3.39. The van der Waals surface area contributed by atoms with E-state index in [-0.39, 0.29) is 11.6 Å². The molecule has 0 fully saturated rings. The fraction of sp³-hybridized carbons (Fsp3) is 0.143. The van der Waals surface area contributed by atoms with E-state index in [1.165, 1.54) is 5.56 Å². The molecule has 1 aromatic rings. The normalized spacial score (nSPS) is 6.78. The first-order valence-corrected chi connectivity index (χ1v) is 2.41. The first kappa shape index (κ1) is 11.0. The van der Waals surface area contributed by atoms with Gasteiger partial charge in [-0.05, 0) is 6.92 Å². The highest BCUT2D eigenvalue weighted by molar-refractivity contribution is 5.11. The van der Waals surface area contributed by atoms with Crippen LogP contribution < -0.4 is 6.15 Å². The summed E-state index contributed by atoms with van der Waals surface area (Å²) in [6.45, 7) is 2.08. The van der Waals surface area contributed by atoms with Crippen LogP contribution in [0.5, 0.6) is 0 Å². The smallest absolute Gasteiger partial charge is 0.0398 e. The van der Waals surface area contributed by atoms with Crippen molar-refractivity contribution in [2.45, 2.75) is 6.92 Å². The maximum atomic E-state index is 2.08. The molecular weight excluding hydrogens is 114 g/mol. The summed E-state index contributed by atoms with van der Waals surface area (Å²) in [6.07, 6.45) is 0. The molecule has 0 bridgehead atoms. The second kappa shape index (κ2) is 5.28. The monoisotopic (exact) mass is 127 g/mol. The lowest BCUT2D eigenvalue weighted by Gasteiger charge is -1.82. The number of benzene rings is 1. The van der Waals surface area contributed by atoms with Crippen LogP contribution in [0.1, 0.15) is 5.56 Å². The van der Waals surface area contributed by atoms with E-state index in [1.54, 1.807) is 0 Å². The van der Waals surface area contributed by atoms with E-state index in [0.29, 0.717) is 0 Å². The summed E-state index contributed by atoms with van der Waals surface area (Å²) in [5.74, 6) is 0. The zero-order valence-corrected chi connectivity index (χ0v) is 5.59. The molecule has 0 amide bonds. The SMILES string of the molecule is Cc1ccccc1.N.O. The van der Waals surface area contributed by atoms with E-state index in [4.69, 9.17) is 0 Å². The molecule has 0 heterocycles. The summed E-state index contributed by atoms with van der Waals surface area (Å²) < 4.78 is 0. The van der Waals surface area contributed by atoms with Gasteiger partial charge in [0.25, 0.3) is 0 Å². The Kier molecular flexibility index (Phi) is 6.46. The van der Waals surface area contributed by atoms with Crippen molar-refractivity contribution < 1.29 is 5.48 Å². The van der Waals surface area contributed by atoms with E-state index in [1.807, 2.05) is 18.2 Å². The average Bonchev–Trinajstić information content (AvgIpc) is 1.69. The molecule has 9 heavy (non-hydrogen) atoms. The number of hydrogen-bond acceptors (Lipinski definition) is 1. The second-order valence-corrected chi connectivity index (χ2v) is 1.65.